The molecule has 0 radical (unpaired) electrons. The van der Waals surface area contributed by atoms with Crippen LogP contribution in [0.5, 0.6) is 11.5 Å². The minimum Gasteiger partial charge on any atom is -0.493 e. The van der Waals surface area contributed by atoms with Gasteiger partial charge in [0.1, 0.15) is 6.61 Å². The molecule has 0 unspecified atom stereocenters. The van der Waals surface area contributed by atoms with E-state index >= 15 is 0 Å². The average Bonchev–Trinajstić information content (AvgIpc) is 2.52. The van der Waals surface area contributed by atoms with Gasteiger partial charge in [-0.15, -0.1) is 0 Å². The molecule has 0 bridgehead atoms. The van der Waals surface area contributed by atoms with Gasteiger partial charge < -0.3 is 19.7 Å². The highest BCUT2D eigenvalue weighted by Crippen LogP contribution is 2.28. The number of hydrogen-bond acceptors (Lipinski definition) is 4. The van der Waals surface area contributed by atoms with E-state index in [1.54, 1.807) is 7.11 Å². The smallest absolute Gasteiger partial charge is 0.161 e. The summed E-state index contributed by atoms with van der Waals surface area (Å²) in [5, 5.41) is 3.40. The maximum Gasteiger partial charge on any atom is 0.161 e. The minimum absolute atomic E-state index is 0.684. The Morgan fingerprint density at radius 1 is 1.10 bits per heavy atom. The van der Waals surface area contributed by atoms with Gasteiger partial charge in [-0.05, 0) is 43.8 Å². The molecule has 0 spiro atoms. The van der Waals surface area contributed by atoms with Crippen molar-refractivity contribution in [3.05, 3.63) is 23.8 Å². The van der Waals surface area contributed by atoms with Gasteiger partial charge in [0.15, 0.2) is 11.5 Å². The van der Waals surface area contributed by atoms with E-state index in [9.17, 15) is 0 Å². The molecule has 1 aromatic carbocycles. The normalized spacial score (nSPS) is 10.9. The maximum atomic E-state index is 5.91. The topological polar surface area (TPSA) is 33.7 Å². The highest BCUT2D eigenvalue weighted by atomic mass is 16.5. The molecule has 4 nitrogen and oxygen atoms in total. The van der Waals surface area contributed by atoms with Gasteiger partial charge in [0.05, 0.1) is 7.11 Å². The zero-order valence-electron chi connectivity index (χ0n) is 13.9. The fraction of sp³-hybridized carbons (Fsp3) is 0.647. The van der Waals surface area contributed by atoms with Crippen LogP contribution >= 0.6 is 0 Å². The summed E-state index contributed by atoms with van der Waals surface area (Å²) in [7, 11) is 1.68. The highest BCUT2D eigenvalue weighted by Gasteiger charge is 2.07. The molecule has 0 heterocycles. The fourth-order valence-corrected chi connectivity index (χ4v) is 2.18. The lowest BCUT2D eigenvalue weighted by Crippen LogP contribution is -2.28. The van der Waals surface area contributed by atoms with Crippen LogP contribution in [0.25, 0.3) is 0 Å². The number of benzene rings is 1. The molecule has 120 valence electrons. The molecule has 1 aromatic rings. The van der Waals surface area contributed by atoms with E-state index in [0.29, 0.717) is 6.61 Å². The van der Waals surface area contributed by atoms with E-state index in [0.717, 1.165) is 50.6 Å². The van der Waals surface area contributed by atoms with Gasteiger partial charge in [0.2, 0.25) is 0 Å². The number of ether oxygens (including phenoxy) is 2. The molecule has 1 rings (SSSR count). The van der Waals surface area contributed by atoms with Crippen LogP contribution < -0.4 is 14.8 Å². The summed E-state index contributed by atoms with van der Waals surface area (Å²) in [5.74, 6) is 1.63. The number of methoxy groups -OCH3 is 1. The monoisotopic (exact) mass is 294 g/mol. The number of nitrogens with zero attached hydrogens (tertiary/aromatic N) is 1. The SMILES string of the molecule is CCCNCc1ccc(OC)c(OCCN(CC)CC)c1. The molecular weight excluding hydrogens is 264 g/mol. The first-order chi connectivity index (χ1) is 10.2. The van der Waals surface area contributed by atoms with E-state index in [1.807, 2.05) is 6.07 Å². The van der Waals surface area contributed by atoms with Crippen molar-refractivity contribution in [1.29, 1.82) is 0 Å². The lowest BCUT2D eigenvalue weighted by Gasteiger charge is -2.19. The summed E-state index contributed by atoms with van der Waals surface area (Å²) in [6, 6.07) is 6.14. The molecule has 0 fully saturated rings. The van der Waals surface area contributed by atoms with Crippen molar-refractivity contribution in [2.24, 2.45) is 0 Å². The molecule has 4 heteroatoms. The molecule has 0 atom stereocenters. The second-order valence-electron chi connectivity index (χ2n) is 5.04. The summed E-state index contributed by atoms with van der Waals surface area (Å²) in [6.07, 6.45) is 1.14. The molecule has 0 aliphatic carbocycles. The molecule has 0 saturated carbocycles. The molecule has 21 heavy (non-hydrogen) atoms. The third-order valence-electron chi connectivity index (χ3n) is 3.54. The van der Waals surface area contributed by atoms with E-state index in [1.165, 1.54) is 5.56 Å². The van der Waals surface area contributed by atoms with Crippen LogP contribution in [0.3, 0.4) is 0 Å². The standard InChI is InChI=1S/C17H30N2O2/c1-5-10-18-14-15-8-9-16(20-4)17(13-15)21-12-11-19(6-2)7-3/h8-9,13,18H,5-7,10-12,14H2,1-4H3. The highest BCUT2D eigenvalue weighted by molar-refractivity contribution is 5.42. The molecule has 0 aliphatic heterocycles. The average molecular weight is 294 g/mol. The van der Waals surface area contributed by atoms with Crippen LogP contribution in [-0.2, 0) is 6.54 Å². The quantitative estimate of drug-likeness (QED) is 0.636. The van der Waals surface area contributed by atoms with Gasteiger partial charge in [-0.1, -0.05) is 26.8 Å². The fourth-order valence-electron chi connectivity index (χ4n) is 2.18. The predicted molar refractivity (Wildman–Crippen MR) is 88.3 cm³/mol. The number of nitrogens with one attached hydrogen (secondary N) is 1. The van der Waals surface area contributed by atoms with Crippen LogP contribution in [-0.4, -0.2) is 44.8 Å². The van der Waals surface area contributed by atoms with E-state index in [-0.39, 0.29) is 0 Å². The Morgan fingerprint density at radius 3 is 2.48 bits per heavy atom. The Morgan fingerprint density at radius 2 is 1.86 bits per heavy atom. The Labute approximate surface area is 129 Å². The Bertz CT molecular complexity index is 392. The Hall–Kier alpha value is -1.26. The number of likely N-dealkylation sites (N-methyl/N-ethyl adjacent to an activating group) is 1. The van der Waals surface area contributed by atoms with Gasteiger partial charge in [-0.25, -0.2) is 0 Å². The van der Waals surface area contributed by atoms with Crippen LogP contribution in [0.4, 0.5) is 0 Å². The zero-order valence-corrected chi connectivity index (χ0v) is 13.9. The van der Waals surface area contributed by atoms with Gasteiger partial charge in [0.25, 0.3) is 0 Å². The van der Waals surface area contributed by atoms with Crippen molar-refractivity contribution < 1.29 is 9.47 Å². The van der Waals surface area contributed by atoms with Crippen molar-refractivity contribution >= 4 is 0 Å². The van der Waals surface area contributed by atoms with E-state index in [4.69, 9.17) is 9.47 Å². The van der Waals surface area contributed by atoms with Crippen molar-refractivity contribution in [2.45, 2.75) is 33.7 Å². The first-order valence-corrected chi connectivity index (χ1v) is 7.97. The summed E-state index contributed by atoms with van der Waals surface area (Å²) in [6.45, 7) is 12.1. The van der Waals surface area contributed by atoms with Crippen molar-refractivity contribution in [3.63, 3.8) is 0 Å². The largest absolute Gasteiger partial charge is 0.493 e. The van der Waals surface area contributed by atoms with Gasteiger partial charge in [0, 0.05) is 13.1 Å². The number of rotatable bonds is 11. The maximum absolute atomic E-state index is 5.91. The number of hydrogen-bond donors (Lipinski definition) is 1. The summed E-state index contributed by atoms with van der Waals surface area (Å²) in [5.41, 5.74) is 1.22. The lowest BCUT2D eigenvalue weighted by atomic mass is 10.2. The molecule has 0 aromatic heterocycles. The van der Waals surface area contributed by atoms with Crippen molar-refractivity contribution in [3.8, 4) is 11.5 Å². The molecule has 0 aliphatic rings. The van der Waals surface area contributed by atoms with Gasteiger partial charge in [-0.3, -0.25) is 0 Å². The van der Waals surface area contributed by atoms with Crippen molar-refractivity contribution in [1.82, 2.24) is 10.2 Å². The Balaban J connectivity index is 2.58. The molecule has 0 saturated heterocycles. The first kappa shape index (κ1) is 17.8. The zero-order chi connectivity index (χ0) is 15.5. The third kappa shape index (κ3) is 6.36. The lowest BCUT2D eigenvalue weighted by molar-refractivity contribution is 0.217. The van der Waals surface area contributed by atoms with Gasteiger partial charge >= 0.3 is 0 Å². The van der Waals surface area contributed by atoms with E-state index < -0.39 is 0 Å². The minimum atomic E-state index is 0.684. The summed E-state index contributed by atoms with van der Waals surface area (Å²) < 4.78 is 11.3. The van der Waals surface area contributed by atoms with Crippen LogP contribution in [0, 0.1) is 0 Å². The summed E-state index contributed by atoms with van der Waals surface area (Å²) in [4.78, 5) is 2.35. The van der Waals surface area contributed by atoms with E-state index in [2.05, 4.69) is 43.1 Å². The second-order valence-corrected chi connectivity index (χ2v) is 5.04. The van der Waals surface area contributed by atoms with Crippen LogP contribution in [0.2, 0.25) is 0 Å². The molecule has 1 N–H and O–H groups in total. The van der Waals surface area contributed by atoms with Crippen LogP contribution in [0.1, 0.15) is 32.8 Å². The Kier molecular flexibility index (Phi) is 8.87. The molecule has 0 amide bonds. The van der Waals surface area contributed by atoms with Gasteiger partial charge in [-0.2, -0.15) is 0 Å². The first-order valence-electron chi connectivity index (χ1n) is 7.97. The second kappa shape index (κ2) is 10.5. The summed E-state index contributed by atoms with van der Waals surface area (Å²) >= 11 is 0. The third-order valence-corrected chi connectivity index (χ3v) is 3.54. The molecular formula is C17H30N2O2. The van der Waals surface area contributed by atoms with Crippen LogP contribution in [0.15, 0.2) is 18.2 Å². The predicted octanol–water partition coefficient (Wildman–Crippen LogP) is 2.92. The van der Waals surface area contributed by atoms with Crippen molar-refractivity contribution in [2.75, 3.05) is 39.9 Å².